The normalized spacial score (nSPS) is 24.4. The molecule has 0 radical (unpaired) electrons. The zero-order valence-electron chi connectivity index (χ0n) is 47.5. The summed E-state index contributed by atoms with van der Waals surface area (Å²) in [5.74, 6) is -2.31. The van der Waals surface area contributed by atoms with Crippen LogP contribution in [-0.4, -0.2) is 145 Å². The van der Waals surface area contributed by atoms with E-state index in [1.54, 1.807) is 31.2 Å². The zero-order chi connectivity index (χ0) is 57.6. The molecule has 8 amide bonds. The lowest BCUT2D eigenvalue weighted by atomic mass is 9.88. The van der Waals surface area contributed by atoms with Gasteiger partial charge in [0.1, 0.15) is 12.7 Å². The SMILES string of the molecule is CCCCCCC(=O)N[C@H](C(=O)C[C@@H](CCCNC(N)=O)C(=O)Nc1ccc(COC(=O)N2CCN(C(=O)O[C@@H](C)/C=C\C(=O)N[C@@H]3C[C@H](C)C(C/C=C(C)/C=C/C4C[C@]5(CO5)C[C@@H](CC(N)=O)O4)O[C@@H]3C)CC2)cc1)C(C)C. The van der Waals surface area contributed by atoms with Crippen molar-refractivity contribution in [3.05, 3.63) is 65.8 Å². The van der Waals surface area contributed by atoms with Gasteiger partial charge in [0.15, 0.2) is 5.78 Å². The van der Waals surface area contributed by atoms with Crippen molar-refractivity contribution in [3.63, 3.8) is 0 Å². The number of benzene rings is 1. The van der Waals surface area contributed by atoms with Crippen molar-refractivity contribution in [2.24, 2.45) is 29.2 Å². The number of carbonyl (C=O) groups excluding carboxylic acids is 8. The van der Waals surface area contributed by atoms with Crippen LogP contribution in [0.3, 0.4) is 0 Å². The van der Waals surface area contributed by atoms with Crippen LogP contribution in [0.15, 0.2) is 60.2 Å². The van der Waals surface area contributed by atoms with Crippen molar-refractivity contribution in [1.82, 2.24) is 25.8 Å². The fourth-order valence-corrected chi connectivity index (χ4v) is 10.1. The number of ether oxygens (including phenoxy) is 5. The van der Waals surface area contributed by atoms with Gasteiger partial charge in [-0.3, -0.25) is 24.0 Å². The third-order valence-electron chi connectivity index (χ3n) is 14.9. The number of primary amides is 2. The van der Waals surface area contributed by atoms with Crippen molar-refractivity contribution >= 4 is 53.3 Å². The molecule has 79 heavy (non-hydrogen) atoms. The Bertz CT molecular complexity index is 2310. The molecule has 10 atom stereocenters. The summed E-state index contributed by atoms with van der Waals surface area (Å²) in [6.45, 7) is 15.3. The van der Waals surface area contributed by atoms with E-state index in [1.807, 2.05) is 39.8 Å². The van der Waals surface area contributed by atoms with Gasteiger partial charge in [0.05, 0.1) is 55.1 Å². The number of nitrogens with zero attached hydrogens (tertiary/aromatic N) is 2. The molecule has 0 aromatic heterocycles. The lowest BCUT2D eigenvalue weighted by Crippen LogP contribution is -2.51. The minimum atomic E-state index is -0.750. The fourth-order valence-electron chi connectivity index (χ4n) is 10.1. The molecule has 21 heteroatoms. The maximum Gasteiger partial charge on any atom is 0.410 e. The van der Waals surface area contributed by atoms with Gasteiger partial charge in [-0.25, -0.2) is 14.4 Å². The molecule has 1 spiro atoms. The molecule has 0 saturated carbocycles. The van der Waals surface area contributed by atoms with E-state index in [0.29, 0.717) is 43.5 Å². The lowest BCUT2D eigenvalue weighted by molar-refractivity contribution is -0.131. The first-order valence-corrected chi connectivity index (χ1v) is 28.3. The molecule has 4 saturated heterocycles. The zero-order valence-corrected chi connectivity index (χ0v) is 47.5. The summed E-state index contributed by atoms with van der Waals surface area (Å²) in [5, 5.41) is 11.3. The molecule has 438 valence electrons. The maximum absolute atomic E-state index is 13.6. The van der Waals surface area contributed by atoms with Crippen molar-refractivity contribution < 1.29 is 62.0 Å². The van der Waals surface area contributed by atoms with Gasteiger partial charge in [0.2, 0.25) is 23.6 Å². The summed E-state index contributed by atoms with van der Waals surface area (Å²) in [5.41, 5.74) is 12.6. The highest BCUT2D eigenvalue weighted by Gasteiger charge is 2.51. The number of ketones is 1. The van der Waals surface area contributed by atoms with Gasteiger partial charge in [-0.2, -0.15) is 0 Å². The number of unbranched alkanes of at least 4 members (excludes halogenated alkanes) is 3. The third kappa shape index (κ3) is 22.0. The monoisotopic (exact) mass is 1100 g/mol. The fraction of sp³-hybridized carbons (Fsp3) is 0.655. The minimum absolute atomic E-state index is 0.0292. The number of amides is 8. The van der Waals surface area contributed by atoms with Gasteiger partial charge in [-0.1, -0.05) is 82.9 Å². The highest BCUT2D eigenvalue weighted by molar-refractivity contribution is 5.97. The number of Topliss-reactive ketones (excluding diaryl/α,β-unsaturated/α-hetero) is 1. The van der Waals surface area contributed by atoms with E-state index in [2.05, 4.69) is 41.2 Å². The molecule has 0 bridgehead atoms. The quantitative estimate of drug-likeness (QED) is 0.0227. The summed E-state index contributed by atoms with van der Waals surface area (Å²) in [4.78, 5) is 105. The first kappa shape index (κ1) is 63.5. The van der Waals surface area contributed by atoms with Crippen molar-refractivity contribution in [2.45, 2.75) is 187 Å². The van der Waals surface area contributed by atoms with Gasteiger partial charge in [0.25, 0.3) is 0 Å². The molecule has 1 aromatic carbocycles. The van der Waals surface area contributed by atoms with Crippen molar-refractivity contribution in [1.29, 1.82) is 0 Å². The molecule has 4 aliphatic rings. The van der Waals surface area contributed by atoms with Crippen molar-refractivity contribution in [3.8, 4) is 0 Å². The van der Waals surface area contributed by atoms with Gasteiger partial charge in [-0.15, -0.1) is 0 Å². The second kappa shape index (κ2) is 31.5. The van der Waals surface area contributed by atoms with Crippen LogP contribution in [0.25, 0.3) is 0 Å². The molecule has 5 rings (SSSR count). The minimum Gasteiger partial charge on any atom is -0.445 e. The van der Waals surface area contributed by atoms with Gasteiger partial charge < -0.3 is 66.2 Å². The Hall–Kier alpha value is -6.32. The van der Waals surface area contributed by atoms with Crippen LogP contribution >= 0.6 is 0 Å². The lowest BCUT2D eigenvalue weighted by Gasteiger charge is -2.39. The predicted octanol–water partition coefficient (Wildman–Crippen LogP) is 6.48. The Morgan fingerprint density at radius 1 is 0.886 bits per heavy atom. The van der Waals surface area contributed by atoms with E-state index in [0.717, 1.165) is 44.1 Å². The molecule has 4 fully saturated rings. The molecular weight excluding hydrogens is 1020 g/mol. The topological polar surface area (TPSA) is 293 Å². The summed E-state index contributed by atoms with van der Waals surface area (Å²) in [6.07, 6.45) is 14.3. The summed E-state index contributed by atoms with van der Waals surface area (Å²) in [6, 6.07) is 5.11. The van der Waals surface area contributed by atoms with E-state index in [1.165, 1.54) is 22.0 Å². The smallest absolute Gasteiger partial charge is 0.410 e. The highest BCUT2D eigenvalue weighted by Crippen LogP contribution is 2.43. The molecular formula is C58H88N8O13. The number of hydrogen-bond acceptors (Lipinski definition) is 13. The van der Waals surface area contributed by atoms with Crippen LogP contribution in [0.5, 0.6) is 0 Å². The van der Waals surface area contributed by atoms with E-state index in [4.69, 9.17) is 35.2 Å². The molecule has 4 heterocycles. The Kier molecular flexibility index (Phi) is 25.3. The Morgan fingerprint density at radius 3 is 2.23 bits per heavy atom. The average molecular weight is 1110 g/mol. The van der Waals surface area contributed by atoms with E-state index >= 15 is 0 Å². The second-order valence-corrected chi connectivity index (χ2v) is 22.2. The molecule has 2 unspecified atom stereocenters. The number of nitrogens with two attached hydrogens (primary N) is 2. The number of hydrogen-bond donors (Lipinski definition) is 6. The standard InChI is InChI=1S/C58H88N8O13/c1-8-9-10-11-14-51(69)64-53(37(2)3)48(67)31-43(13-12-25-61-55(60)72)54(71)62-44-20-18-42(19-21-44)35-75-56(73)65-26-28-66(29-27-65)57(74)77-40(6)17-24-52(70)63-47-30-39(5)49(78-41(47)7)23-16-38(4)15-22-45-33-58(36-76-58)34-46(79-45)32-50(59)68/h15-22,24,37,39-41,43,45-47,49,53H,8-14,23,25-36H2,1-7H3,(H2,59,68)(H,62,71)(H,63,70)(H,64,69)(H3,60,61,72)/b22-15+,24-17-,38-16+/t39-,40-,41+,43+,45?,46+,47+,49?,53-,58+/m0/s1. The van der Waals surface area contributed by atoms with Crippen LogP contribution in [0.1, 0.15) is 138 Å². The number of nitrogens with one attached hydrogen (secondary N) is 4. The van der Waals surface area contributed by atoms with Gasteiger partial charge in [0, 0.05) is 76.1 Å². The summed E-state index contributed by atoms with van der Waals surface area (Å²) >= 11 is 0. The van der Waals surface area contributed by atoms with E-state index in [-0.39, 0.29) is 130 Å². The number of piperazine rings is 1. The first-order chi connectivity index (χ1) is 37.6. The average Bonchev–Trinajstić information content (AvgIpc) is 4.15. The number of urea groups is 1. The number of anilines is 1. The van der Waals surface area contributed by atoms with E-state index < -0.39 is 42.2 Å². The Balaban J connectivity index is 0.989. The van der Waals surface area contributed by atoms with Gasteiger partial charge in [-0.05, 0) is 88.5 Å². The number of rotatable bonds is 28. The Labute approximate surface area is 466 Å². The molecule has 0 aliphatic carbocycles. The van der Waals surface area contributed by atoms with Crippen LogP contribution in [0.4, 0.5) is 20.1 Å². The maximum atomic E-state index is 13.6. The van der Waals surface area contributed by atoms with Crippen LogP contribution in [0, 0.1) is 17.8 Å². The second-order valence-electron chi connectivity index (χ2n) is 22.2. The van der Waals surface area contributed by atoms with Crippen LogP contribution in [-0.2, 0) is 54.3 Å². The van der Waals surface area contributed by atoms with Crippen LogP contribution < -0.4 is 32.7 Å². The summed E-state index contributed by atoms with van der Waals surface area (Å²) < 4.78 is 29.4. The number of allylic oxidation sites excluding steroid dienone is 2. The predicted molar refractivity (Wildman–Crippen MR) is 297 cm³/mol. The third-order valence-corrected chi connectivity index (χ3v) is 14.9. The molecule has 8 N–H and O–H groups in total. The number of epoxide rings is 1. The number of carbonyl (C=O) groups is 8. The Morgan fingerprint density at radius 2 is 1.58 bits per heavy atom. The van der Waals surface area contributed by atoms with Crippen LogP contribution in [0.2, 0.25) is 0 Å². The van der Waals surface area contributed by atoms with Crippen molar-refractivity contribution in [2.75, 3.05) is 44.6 Å². The van der Waals surface area contributed by atoms with E-state index in [9.17, 15) is 38.4 Å². The molecule has 4 aliphatic heterocycles. The van der Waals surface area contributed by atoms with Gasteiger partial charge >= 0.3 is 18.2 Å². The first-order valence-electron chi connectivity index (χ1n) is 28.3. The largest absolute Gasteiger partial charge is 0.445 e. The molecule has 1 aromatic rings. The highest BCUT2D eigenvalue weighted by atomic mass is 16.6. The molecule has 21 nitrogen and oxygen atoms in total. The summed E-state index contributed by atoms with van der Waals surface area (Å²) in [7, 11) is 0.